The number of hydrogen-bond donors (Lipinski definition) is 0. The summed E-state index contributed by atoms with van der Waals surface area (Å²) in [6, 6.07) is 3.89. The van der Waals surface area contributed by atoms with E-state index < -0.39 is 0 Å². The number of aromatic nitrogens is 2. The Hall–Kier alpha value is -2.15. The zero-order chi connectivity index (χ0) is 16.1. The highest BCUT2D eigenvalue weighted by atomic mass is 32.1. The number of likely N-dealkylation sites (tertiary alicyclic amines) is 1. The van der Waals surface area contributed by atoms with Crippen molar-refractivity contribution in [2.75, 3.05) is 13.1 Å². The summed E-state index contributed by atoms with van der Waals surface area (Å²) in [5, 5.41) is 3.00. The highest BCUT2D eigenvalue weighted by Gasteiger charge is 2.45. The molecule has 6 nitrogen and oxygen atoms in total. The molecule has 2 atom stereocenters. The standard InChI is InChI=1S/C16H18N4O2S/c1-10-17-12(9-23-10)6-20-15-8-18(11(2)21)7-14(15)19-5-3-4-13(19)16(20)22/h3-5,9,14-15H,6-8H2,1-2H3/t14-,15-/m1/s1. The van der Waals surface area contributed by atoms with E-state index in [2.05, 4.69) is 4.98 Å². The molecule has 4 heterocycles. The van der Waals surface area contributed by atoms with Gasteiger partial charge in [0, 0.05) is 31.6 Å². The summed E-state index contributed by atoms with van der Waals surface area (Å²) in [6.07, 6.45) is 1.94. The van der Waals surface area contributed by atoms with Crippen LogP contribution in [-0.4, -0.2) is 50.3 Å². The molecule has 4 rings (SSSR count). The molecule has 0 bridgehead atoms. The number of carbonyl (C=O) groups is 2. The number of aryl methyl sites for hydroxylation is 1. The third-order valence-electron chi connectivity index (χ3n) is 4.72. The van der Waals surface area contributed by atoms with Crippen molar-refractivity contribution in [3.8, 4) is 0 Å². The van der Waals surface area contributed by atoms with Crippen molar-refractivity contribution in [1.29, 1.82) is 0 Å². The Morgan fingerprint density at radius 1 is 1.39 bits per heavy atom. The van der Waals surface area contributed by atoms with Gasteiger partial charge in [-0.25, -0.2) is 4.98 Å². The SMILES string of the molecule is CC(=O)N1C[C@@H]2[C@@H](C1)n1cccc1C(=O)N2Cc1csc(C)n1. The van der Waals surface area contributed by atoms with Gasteiger partial charge < -0.3 is 14.4 Å². The minimum absolute atomic E-state index is 0.00769. The summed E-state index contributed by atoms with van der Waals surface area (Å²) in [7, 11) is 0. The Labute approximate surface area is 138 Å². The molecule has 7 heteroatoms. The van der Waals surface area contributed by atoms with Gasteiger partial charge in [-0.05, 0) is 19.1 Å². The van der Waals surface area contributed by atoms with Gasteiger partial charge in [-0.3, -0.25) is 9.59 Å². The summed E-state index contributed by atoms with van der Waals surface area (Å²) in [6.45, 7) is 5.30. The number of carbonyl (C=O) groups excluding carboxylic acids is 2. The number of thiazole rings is 1. The molecule has 0 radical (unpaired) electrons. The maximum Gasteiger partial charge on any atom is 0.271 e. The molecule has 2 aromatic rings. The molecule has 0 N–H and O–H groups in total. The van der Waals surface area contributed by atoms with E-state index in [1.165, 1.54) is 0 Å². The van der Waals surface area contributed by atoms with Crippen LogP contribution in [0.2, 0.25) is 0 Å². The highest BCUT2D eigenvalue weighted by molar-refractivity contribution is 7.09. The van der Waals surface area contributed by atoms with E-state index in [0.717, 1.165) is 10.7 Å². The minimum Gasteiger partial charge on any atom is -0.339 e. The van der Waals surface area contributed by atoms with Crippen LogP contribution in [0.15, 0.2) is 23.7 Å². The molecular weight excluding hydrogens is 312 g/mol. The number of hydrogen-bond acceptors (Lipinski definition) is 4. The maximum atomic E-state index is 12.9. The molecule has 1 fully saturated rings. The fourth-order valence-corrected chi connectivity index (χ4v) is 4.22. The molecule has 2 aromatic heterocycles. The predicted octanol–water partition coefficient (Wildman–Crippen LogP) is 1.68. The quantitative estimate of drug-likeness (QED) is 0.842. The molecule has 2 aliphatic heterocycles. The van der Waals surface area contributed by atoms with Crippen LogP contribution in [0.25, 0.3) is 0 Å². The molecule has 2 aliphatic rings. The van der Waals surface area contributed by atoms with Crippen LogP contribution in [0.5, 0.6) is 0 Å². The second kappa shape index (κ2) is 5.19. The fraction of sp³-hybridized carbons (Fsp3) is 0.438. The average molecular weight is 330 g/mol. The molecule has 1 saturated heterocycles. The van der Waals surface area contributed by atoms with Crippen molar-refractivity contribution in [2.45, 2.75) is 32.5 Å². The summed E-state index contributed by atoms with van der Waals surface area (Å²) < 4.78 is 2.03. The first-order chi connectivity index (χ1) is 11.0. The van der Waals surface area contributed by atoms with Crippen molar-refractivity contribution >= 4 is 23.2 Å². The molecule has 0 saturated carbocycles. The van der Waals surface area contributed by atoms with E-state index in [1.54, 1.807) is 18.3 Å². The van der Waals surface area contributed by atoms with Crippen LogP contribution < -0.4 is 0 Å². The number of fused-ring (bicyclic) bond motifs is 3. The lowest BCUT2D eigenvalue weighted by Crippen LogP contribution is -2.49. The van der Waals surface area contributed by atoms with Gasteiger partial charge >= 0.3 is 0 Å². The van der Waals surface area contributed by atoms with Gasteiger partial charge in [0.25, 0.3) is 5.91 Å². The van der Waals surface area contributed by atoms with Gasteiger partial charge in [-0.2, -0.15) is 0 Å². The summed E-state index contributed by atoms with van der Waals surface area (Å²) >= 11 is 1.59. The van der Waals surface area contributed by atoms with Crippen LogP contribution in [0.1, 0.15) is 34.2 Å². The summed E-state index contributed by atoms with van der Waals surface area (Å²) in [5.74, 6) is 0.0808. The number of rotatable bonds is 2. The molecule has 0 spiro atoms. The Balaban J connectivity index is 1.70. The van der Waals surface area contributed by atoms with Crippen LogP contribution in [0, 0.1) is 6.92 Å². The smallest absolute Gasteiger partial charge is 0.271 e. The first-order valence-electron chi connectivity index (χ1n) is 7.69. The predicted molar refractivity (Wildman–Crippen MR) is 86.2 cm³/mol. The maximum absolute atomic E-state index is 12.9. The molecular formula is C16H18N4O2S. The first-order valence-corrected chi connectivity index (χ1v) is 8.57. The van der Waals surface area contributed by atoms with E-state index in [4.69, 9.17) is 0 Å². The lowest BCUT2D eigenvalue weighted by atomic mass is 10.1. The molecule has 0 aromatic carbocycles. The van der Waals surface area contributed by atoms with E-state index >= 15 is 0 Å². The molecule has 23 heavy (non-hydrogen) atoms. The van der Waals surface area contributed by atoms with Gasteiger partial charge in [0.2, 0.25) is 5.91 Å². The lowest BCUT2D eigenvalue weighted by Gasteiger charge is -2.37. The van der Waals surface area contributed by atoms with Crippen LogP contribution in [0.4, 0.5) is 0 Å². The Morgan fingerprint density at radius 2 is 2.17 bits per heavy atom. The zero-order valence-electron chi connectivity index (χ0n) is 13.1. The monoisotopic (exact) mass is 330 g/mol. The van der Waals surface area contributed by atoms with E-state index in [-0.39, 0.29) is 23.9 Å². The second-order valence-electron chi connectivity index (χ2n) is 6.15. The molecule has 2 amide bonds. The van der Waals surface area contributed by atoms with Crippen molar-refractivity contribution in [3.05, 3.63) is 40.1 Å². The molecule has 0 aliphatic carbocycles. The van der Waals surface area contributed by atoms with Crippen LogP contribution in [-0.2, 0) is 11.3 Å². The average Bonchev–Trinajstić information content (AvgIpc) is 3.21. The lowest BCUT2D eigenvalue weighted by molar-refractivity contribution is -0.128. The van der Waals surface area contributed by atoms with Gasteiger partial charge in [0.1, 0.15) is 5.69 Å². The summed E-state index contributed by atoms with van der Waals surface area (Å²) in [5.41, 5.74) is 1.62. The minimum atomic E-state index is 0.00769. The van der Waals surface area contributed by atoms with Crippen LogP contribution >= 0.6 is 11.3 Å². The third-order valence-corrected chi connectivity index (χ3v) is 5.54. The third kappa shape index (κ3) is 2.26. The second-order valence-corrected chi connectivity index (χ2v) is 7.21. The van der Waals surface area contributed by atoms with Crippen molar-refractivity contribution in [3.63, 3.8) is 0 Å². The van der Waals surface area contributed by atoms with Crippen molar-refractivity contribution in [2.24, 2.45) is 0 Å². The van der Waals surface area contributed by atoms with Crippen LogP contribution in [0.3, 0.4) is 0 Å². The van der Waals surface area contributed by atoms with E-state index in [9.17, 15) is 9.59 Å². The Morgan fingerprint density at radius 3 is 2.87 bits per heavy atom. The largest absolute Gasteiger partial charge is 0.339 e. The first kappa shape index (κ1) is 14.4. The van der Waals surface area contributed by atoms with Crippen molar-refractivity contribution in [1.82, 2.24) is 19.4 Å². The van der Waals surface area contributed by atoms with E-state index in [1.807, 2.05) is 45.0 Å². The summed E-state index contributed by atoms with van der Waals surface area (Å²) in [4.78, 5) is 32.9. The highest BCUT2D eigenvalue weighted by Crippen LogP contribution is 2.34. The van der Waals surface area contributed by atoms with Gasteiger partial charge in [0.15, 0.2) is 0 Å². The van der Waals surface area contributed by atoms with Gasteiger partial charge in [-0.1, -0.05) is 0 Å². The number of nitrogens with zero attached hydrogens (tertiary/aromatic N) is 4. The van der Waals surface area contributed by atoms with E-state index in [0.29, 0.717) is 25.3 Å². The fourth-order valence-electron chi connectivity index (χ4n) is 3.61. The normalized spacial score (nSPS) is 23.1. The Kier molecular flexibility index (Phi) is 3.26. The Bertz CT molecular complexity index is 781. The molecule has 0 unspecified atom stereocenters. The van der Waals surface area contributed by atoms with Gasteiger partial charge in [-0.15, -0.1) is 11.3 Å². The number of amides is 2. The van der Waals surface area contributed by atoms with Gasteiger partial charge in [0.05, 0.1) is 29.3 Å². The topological polar surface area (TPSA) is 58.4 Å². The molecule has 120 valence electrons. The zero-order valence-corrected chi connectivity index (χ0v) is 13.9. The van der Waals surface area contributed by atoms with Crippen molar-refractivity contribution < 1.29 is 9.59 Å².